The summed E-state index contributed by atoms with van der Waals surface area (Å²) in [6.07, 6.45) is 2.67. The maximum Gasteiger partial charge on any atom is 0.319 e. The SMILES string of the molecule is COc1ncc(NS(=O)(=O)c2cn(C)c(C)n2)c(OC)n1. The first-order valence-electron chi connectivity index (χ1n) is 5.85. The van der Waals surface area contributed by atoms with E-state index in [-0.39, 0.29) is 22.6 Å². The molecule has 10 heteroatoms. The van der Waals surface area contributed by atoms with Gasteiger partial charge in [-0.2, -0.15) is 13.4 Å². The fourth-order valence-electron chi connectivity index (χ4n) is 1.53. The number of sulfonamides is 1. The molecule has 9 nitrogen and oxygen atoms in total. The second-order valence-corrected chi connectivity index (χ2v) is 5.75. The van der Waals surface area contributed by atoms with Crippen LogP contribution in [0.15, 0.2) is 17.4 Å². The summed E-state index contributed by atoms with van der Waals surface area (Å²) in [4.78, 5) is 11.7. The van der Waals surface area contributed by atoms with Crippen molar-refractivity contribution in [2.75, 3.05) is 18.9 Å². The van der Waals surface area contributed by atoms with Crippen molar-refractivity contribution in [1.29, 1.82) is 0 Å². The number of methoxy groups -OCH3 is 2. The highest BCUT2D eigenvalue weighted by Gasteiger charge is 2.21. The van der Waals surface area contributed by atoms with Gasteiger partial charge in [-0.3, -0.25) is 4.72 Å². The molecule has 0 aromatic carbocycles. The van der Waals surface area contributed by atoms with Gasteiger partial charge in [0.2, 0.25) is 5.88 Å². The number of nitrogens with one attached hydrogen (secondary N) is 1. The standard InChI is InChI=1S/C11H15N5O4S/c1-7-13-9(6-16(7)2)21(17,18)15-8-5-12-11(20-4)14-10(8)19-3/h5-6,15H,1-4H3. The Labute approximate surface area is 122 Å². The maximum absolute atomic E-state index is 12.3. The first-order chi connectivity index (χ1) is 9.87. The van der Waals surface area contributed by atoms with Crippen molar-refractivity contribution < 1.29 is 17.9 Å². The minimum absolute atomic E-state index is 0.0538. The molecule has 0 aliphatic rings. The fourth-order valence-corrected chi connectivity index (χ4v) is 2.61. The molecule has 0 atom stereocenters. The van der Waals surface area contributed by atoms with E-state index < -0.39 is 10.0 Å². The van der Waals surface area contributed by atoms with Gasteiger partial charge in [-0.1, -0.05) is 0 Å². The normalized spacial score (nSPS) is 11.2. The minimum atomic E-state index is -3.85. The highest BCUT2D eigenvalue weighted by Crippen LogP contribution is 2.25. The summed E-state index contributed by atoms with van der Waals surface area (Å²) in [6, 6.07) is 0.0727. The number of hydrogen-bond donors (Lipinski definition) is 1. The third-order valence-electron chi connectivity index (χ3n) is 2.71. The first-order valence-corrected chi connectivity index (χ1v) is 7.33. The summed E-state index contributed by atoms with van der Waals surface area (Å²) in [5.41, 5.74) is 0.0987. The lowest BCUT2D eigenvalue weighted by Crippen LogP contribution is -2.15. The molecule has 0 amide bonds. The van der Waals surface area contributed by atoms with E-state index in [1.807, 2.05) is 0 Å². The van der Waals surface area contributed by atoms with Crippen LogP contribution in [0.3, 0.4) is 0 Å². The average Bonchev–Trinajstić information content (AvgIpc) is 2.79. The number of rotatable bonds is 5. The quantitative estimate of drug-likeness (QED) is 0.847. The van der Waals surface area contributed by atoms with E-state index >= 15 is 0 Å². The van der Waals surface area contributed by atoms with E-state index in [1.54, 1.807) is 18.5 Å². The monoisotopic (exact) mass is 313 g/mol. The Kier molecular flexibility index (Phi) is 3.98. The molecule has 2 rings (SSSR count). The largest absolute Gasteiger partial charge is 0.479 e. The molecule has 0 unspecified atom stereocenters. The van der Waals surface area contributed by atoms with Gasteiger partial charge in [0.15, 0.2) is 5.03 Å². The predicted molar refractivity (Wildman–Crippen MR) is 73.9 cm³/mol. The van der Waals surface area contributed by atoms with E-state index in [9.17, 15) is 8.42 Å². The van der Waals surface area contributed by atoms with Crippen molar-refractivity contribution in [3.63, 3.8) is 0 Å². The van der Waals surface area contributed by atoms with Gasteiger partial charge in [-0.25, -0.2) is 9.97 Å². The molecule has 21 heavy (non-hydrogen) atoms. The predicted octanol–water partition coefficient (Wildman–Crippen LogP) is 0.337. The molecule has 0 fully saturated rings. The molecule has 0 aliphatic heterocycles. The van der Waals surface area contributed by atoms with Crippen molar-refractivity contribution in [2.24, 2.45) is 7.05 Å². The molecule has 0 radical (unpaired) electrons. The maximum atomic E-state index is 12.3. The van der Waals surface area contributed by atoms with Crippen LogP contribution >= 0.6 is 0 Å². The molecule has 0 spiro atoms. The van der Waals surface area contributed by atoms with Crippen LogP contribution in [0.1, 0.15) is 5.82 Å². The summed E-state index contributed by atoms with van der Waals surface area (Å²) in [7, 11) is 0.621. The van der Waals surface area contributed by atoms with Crippen LogP contribution in [-0.4, -0.2) is 42.2 Å². The molecule has 114 valence electrons. The Balaban J connectivity index is 2.36. The summed E-state index contributed by atoms with van der Waals surface area (Å²) >= 11 is 0. The first kappa shape index (κ1) is 15.0. The molecule has 2 heterocycles. The minimum Gasteiger partial charge on any atom is -0.479 e. The second-order valence-electron chi connectivity index (χ2n) is 4.12. The second kappa shape index (κ2) is 5.56. The van der Waals surface area contributed by atoms with Gasteiger partial charge in [0.25, 0.3) is 10.0 Å². The molecule has 1 N–H and O–H groups in total. The molecule has 2 aromatic rings. The van der Waals surface area contributed by atoms with Crippen molar-refractivity contribution in [3.05, 3.63) is 18.2 Å². The summed E-state index contributed by atoms with van der Waals surface area (Å²) in [6.45, 7) is 1.70. The Bertz CT molecular complexity index is 736. The number of anilines is 1. The lowest BCUT2D eigenvalue weighted by molar-refractivity contribution is 0.353. The Morgan fingerprint density at radius 1 is 1.24 bits per heavy atom. The van der Waals surface area contributed by atoms with Crippen molar-refractivity contribution in [2.45, 2.75) is 11.9 Å². The van der Waals surface area contributed by atoms with Crippen molar-refractivity contribution in [3.8, 4) is 11.9 Å². The topological polar surface area (TPSA) is 108 Å². The average molecular weight is 313 g/mol. The third kappa shape index (κ3) is 3.05. The highest BCUT2D eigenvalue weighted by atomic mass is 32.2. The van der Waals surface area contributed by atoms with E-state index in [0.29, 0.717) is 5.82 Å². The van der Waals surface area contributed by atoms with Gasteiger partial charge < -0.3 is 14.0 Å². The van der Waals surface area contributed by atoms with Gasteiger partial charge >= 0.3 is 6.01 Å². The van der Waals surface area contributed by atoms with Crippen LogP contribution in [0.25, 0.3) is 0 Å². The van der Waals surface area contributed by atoms with Crippen LogP contribution in [0, 0.1) is 6.92 Å². The van der Waals surface area contributed by atoms with E-state index in [1.165, 1.54) is 26.6 Å². The van der Waals surface area contributed by atoms with Gasteiger partial charge in [-0.05, 0) is 6.92 Å². The Morgan fingerprint density at radius 2 is 1.95 bits per heavy atom. The number of ether oxygens (including phenoxy) is 2. The molecule has 0 bridgehead atoms. The number of aromatic nitrogens is 4. The van der Waals surface area contributed by atoms with E-state index in [4.69, 9.17) is 9.47 Å². The van der Waals surface area contributed by atoms with Gasteiger partial charge in [0, 0.05) is 13.2 Å². The zero-order chi connectivity index (χ0) is 15.6. The van der Waals surface area contributed by atoms with Crippen LogP contribution in [0.5, 0.6) is 11.9 Å². The highest BCUT2D eigenvalue weighted by molar-refractivity contribution is 7.92. The zero-order valence-corrected chi connectivity index (χ0v) is 12.8. The lowest BCUT2D eigenvalue weighted by Gasteiger charge is -2.09. The fraction of sp³-hybridized carbons (Fsp3) is 0.364. The van der Waals surface area contributed by atoms with Crippen molar-refractivity contribution in [1.82, 2.24) is 19.5 Å². The number of aryl methyl sites for hydroxylation is 2. The summed E-state index contributed by atoms with van der Waals surface area (Å²) in [5, 5.41) is -0.0969. The Hall–Kier alpha value is -2.36. The molecule has 2 aromatic heterocycles. The van der Waals surface area contributed by atoms with E-state index in [2.05, 4.69) is 19.7 Å². The van der Waals surface area contributed by atoms with Crippen LogP contribution in [0.2, 0.25) is 0 Å². The molecular weight excluding hydrogens is 298 g/mol. The Morgan fingerprint density at radius 3 is 2.48 bits per heavy atom. The number of nitrogens with zero attached hydrogens (tertiary/aromatic N) is 4. The molecule has 0 saturated heterocycles. The van der Waals surface area contributed by atoms with Crippen molar-refractivity contribution >= 4 is 15.7 Å². The number of imidazole rings is 1. The van der Waals surface area contributed by atoms with Crippen LogP contribution in [-0.2, 0) is 17.1 Å². The molecule has 0 aliphatic carbocycles. The third-order valence-corrected chi connectivity index (χ3v) is 3.95. The molecular formula is C11H15N5O4S. The molecule has 0 saturated carbocycles. The summed E-state index contributed by atoms with van der Waals surface area (Å²) in [5.74, 6) is 0.631. The summed E-state index contributed by atoms with van der Waals surface area (Å²) < 4.78 is 38.3. The van der Waals surface area contributed by atoms with E-state index in [0.717, 1.165) is 0 Å². The zero-order valence-electron chi connectivity index (χ0n) is 12.0. The smallest absolute Gasteiger partial charge is 0.319 e. The van der Waals surface area contributed by atoms with Gasteiger partial charge in [-0.15, -0.1) is 0 Å². The van der Waals surface area contributed by atoms with Crippen LogP contribution < -0.4 is 14.2 Å². The van der Waals surface area contributed by atoms with Gasteiger partial charge in [0.1, 0.15) is 11.5 Å². The van der Waals surface area contributed by atoms with Crippen LogP contribution in [0.4, 0.5) is 5.69 Å². The van der Waals surface area contributed by atoms with Gasteiger partial charge in [0.05, 0.1) is 20.4 Å². The lowest BCUT2D eigenvalue weighted by atomic mass is 10.5. The number of hydrogen-bond acceptors (Lipinski definition) is 7.